The van der Waals surface area contributed by atoms with E-state index in [9.17, 15) is 4.79 Å². The van der Waals surface area contributed by atoms with Gasteiger partial charge in [0.25, 0.3) is 0 Å². The predicted molar refractivity (Wildman–Crippen MR) is 56.5 cm³/mol. The van der Waals surface area contributed by atoms with Crippen LogP contribution in [0.5, 0.6) is 0 Å². The van der Waals surface area contributed by atoms with Crippen molar-refractivity contribution >= 4 is 18.7 Å². The zero-order valence-electron chi connectivity index (χ0n) is 8.33. The summed E-state index contributed by atoms with van der Waals surface area (Å²) in [6.45, 7) is 1.03. The fourth-order valence-electron chi connectivity index (χ4n) is 3.70. The molecule has 3 aliphatic rings. The summed E-state index contributed by atoms with van der Waals surface area (Å²) < 4.78 is 0. The topological polar surface area (TPSA) is 29.1 Å². The van der Waals surface area contributed by atoms with Crippen molar-refractivity contribution in [3.05, 3.63) is 0 Å². The number of carbonyl (C=O) groups excluding carboxylic acids is 1. The average molecular weight is 188 g/mol. The van der Waals surface area contributed by atoms with E-state index in [-0.39, 0.29) is 11.7 Å². The Balaban J connectivity index is 1.98. The molecule has 4 unspecified atom stereocenters. The molecule has 1 N–H and O–H groups in total. The number of piperidine rings is 1. The molecule has 0 aromatic heterocycles. The monoisotopic (exact) mass is 188 g/mol. The van der Waals surface area contributed by atoms with Gasteiger partial charge >= 0.3 is 84.9 Å². The summed E-state index contributed by atoms with van der Waals surface area (Å²) >= 11 is 0. The molecule has 0 aromatic rings. The zero-order chi connectivity index (χ0) is 9.71. The Morgan fingerprint density at radius 1 is 1.21 bits per heavy atom. The van der Waals surface area contributed by atoms with Crippen LogP contribution < -0.4 is 5.32 Å². The van der Waals surface area contributed by atoms with Crippen LogP contribution >= 0.6 is 0 Å². The van der Waals surface area contributed by atoms with Crippen LogP contribution in [0.3, 0.4) is 0 Å². The van der Waals surface area contributed by atoms with Gasteiger partial charge in [0.05, 0.1) is 0 Å². The third kappa shape index (κ3) is 1.02. The van der Waals surface area contributed by atoms with Crippen molar-refractivity contribution < 1.29 is 4.79 Å². The molecule has 0 amide bonds. The number of rotatable bonds is 0. The Hall–Kier alpha value is -0.435. The second-order valence-corrected chi connectivity index (χ2v) is 4.89. The van der Waals surface area contributed by atoms with Gasteiger partial charge in [-0.25, -0.2) is 0 Å². The van der Waals surface area contributed by atoms with Gasteiger partial charge in [-0.15, -0.1) is 0 Å². The van der Waals surface area contributed by atoms with Crippen LogP contribution in [0.1, 0.15) is 25.7 Å². The Morgan fingerprint density at radius 2 is 2.07 bits per heavy atom. The van der Waals surface area contributed by atoms with Crippen molar-refractivity contribution in [1.82, 2.24) is 5.32 Å². The Labute approximate surface area is 85.5 Å². The molecule has 73 valence electrons. The van der Waals surface area contributed by atoms with Gasteiger partial charge in [-0.1, -0.05) is 0 Å². The number of carbonyl (C=O) groups is 1. The van der Waals surface area contributed by atoms with Gasteiger partial charge < -0.3 is 0 Å². The summed E-state index contributed by atoms with van der Waals surface area (Å²) in [6.07, 6.45) is 4.55. The first kappa shape index (κ1) is 8.84. The van der Waals surface area contributed by atoms with E-state index in [0.29, 0.717) is 23.3 Å². The van der Waals surface area contributed by atoms with Crippen molar-refractivity contribution in [2.24, 2.45) is 17.8 Å². The van der Waals surface area contributed by atoms with Crippen LogP contribution in [-0.2, 0) is 4.79 Å². The summed E-state index contributed by atoms with van der Waals surface area (Å²) in [5, 5.41) is 3.54. The third-order valence-corrected chi connectivity index (χ3v) is 4.31. The number of ketones is 1. The quantitative estimate of drug-likeness (QED) is 0.554. The average Bonchev–Trinajstić information content (AvgIpc) is 2.47. The van der Waals surface area contributed by atoms with Crippen molar-refractivity contribution in [3.63, 3.8) is 0 Å². The molecular weight excluding hydrogens is 173 g/mol. The van der Waals surface area contributed by atoms with Crippen LogP contribution in [0.15, 0.2) is 0 Å². The molecule has 1 aliphatic heterocycles. The SMILES string of the molecule is [B]=C1C(=O)C2CCCC3NCCC1C32. The maximum absolute atomic E-state index is 11.9. The van der Waals surface area contributed by atoms with E-state index in [1.807, 2.05) is 0 Å². The van der Waals surface area contributed by atoms with Gasteiger partial charge in [-0.05, 0) is 0 Å². The van der Waals surface area contributed by atoms with Crippen molar-refractivity contribution in [2.75, 3.05) is 6.54 Å². The number of hydrogen-bond donors (Lipinski definition) is 1. The first-order valence-corrected chi connectivity index (χ1v) is 5.69. The molecule has 2 saturated carbocycles. The van der Waals surface area contributed by atoms with Crippen molar-refractivity contribution in [2.45, 2.75) is 31.7 Å². The van der Waals surface area contributed by atoms with E-state index >= 15 is 0 Å². The third-order valence-electron chi connectivity index (χ3n) is 4.31. The molecule has 3 heteroatoms. The van der Waals surface area contributed by atoms with Gasteiger partial charge in [0.15, 0.2) is 0 Å². The molecule has 2 nitrogen and oxygen atoms in total. The van der Waals surface area contributed by atoms with Crippen LogP contribution in [0.4, 0.5) is 0 Å². The summed E-state index contributed by atoms with van der Waals surface area (Å²) in [7, 11) is 5.93. The number of hydrogen-bond acceptors (Lipinski definition) is 2. The Kier molecular flexibility index (Phi) is 1.91. The molecule has 2 aliphatic carbocycles. The summed E-state index contributed by atoms with van der Waals surface area (Å²) in [5.41, 5.74) is 0.688. The van der Waals surface area contributed by atoms with Crippen LogP contribution in [0, 0.1) is 17.8 Å². The molecule has 1 saturated heterocycles. The first-order valence-electron chi connectivity index (χ1n) is 5.69. The minimum atomic E-state index is 0.256. The van der Waals surface area contributed by atoms with Gasteiger partial charge in [-0.3, -0.25) is 0 Å². The van der Waals surface area contributed by atoms with Crippen LogP contribution in [0.25, 0.3) is 0 Å². The van der Waals surface area contributed by atoms with Gasteiger partial charge in [0, 0.05) is 0 Å². The summed E-state index contributed by atoms with van der Waals surface area (Å²) in [4.78, 5) is 11.9. The van der Waals surface area contributed by atoms with Gasteiger partial charge in [0.1, 0.15) is 0 Å². The normalized spacial score (nSPS) is 46.5. The van der Waals surface area contributed by atoms with Crippen LogP contribution in [-0.4, -0.2) is 31.3 Å². The van der Waals surface area contributed by atoms with Crippen molar-refractivity contribution in [1.29, 1.82) is 0 Å². The molecule has 3 rings (SSSR count). The molecule has 0 bridgehead atoms. The van der Waals surface area contributed by atoms with Gasteiger partial charge in [-0.2, -0.15) is 0 Å². The Bertz CT molecular complexity index is 274. The molecule has 3 fully saturated rings. The zero-order valence-corrected chi connectivity index (χ0v) is 8.33. The molecule has 4 atom stereocenters. The molecular formula is C11H15BNO. The van der Waals surface area contributed by atoms with Gasteiger partial charge in [0.2, 0.25) is 0 Å². The standard InChI is InChI=1S/C11H15BNO/c12-10-6-4-5-13-8-3-1-2-7(9(6)8)11(10)14/h6-9,13H,1-5H2. The summed E-state index contributed by atoms with van der Waals surface area (Å²) in [6, 6.07) is 0.567. The summed E-state index contributed by atoms with van der Waals surface area (Å²) in [5.74, 6) is 1.46. The fourth-order valence-corrected chi connectivity index (χ4v) is 3.70. The van der Waals surface area contributed by atoms with E-state index in [1.165, 1.54) is 12.8 Å². The maximum atomic E-state index is 11.9. The van der Waals surface area contributed by atoms with E-state index in [2.05, 4.69) is 5.32 Å². The van der Waals surface area contributed by atoms with E-state index in [0.717, 1.165) is 19.4 Å². The molecule has 14 heavy (non-hydrogen) atoms. The van der Waals surface area contributed by atoms with Crippen LogP contribution in [0.2, 0.25) is 0 Å². The Morgan fingerprint density at radius 3 is 2.93 bits per heavy atom. The minimum absolute atomic E-state index is 0.256. The van der Waals surface area contributed by atoms with E-state index in [4.69, 9.17) is 7.49 Å². The molecule has 1 heterocycles. The fraction of sp³-hybridized carbons (Fsp3) is 0.818. The number of Topliss-reactive ketones (excluding diaryl/α,β-unsaturated/α-hetero) is 1. The second-order valence-electron chi connectivity index (χ2n) is 4.89. The number of nitrogens with one attached hydrogen (secondary N) is 1. The molecule has 0 aromatic carbocycles. The molecule has 1 radical (unpaired) electrons. The van der Waals surface area contributed by atoms with Crippen molar-refractivity contribution in [3.8, 4) is 0 Å². The van der Waals surface area contributed by atoms with E-state index < -0.39 is 0 Å². The first-order chi connectivity index (χ1) is 6.79. The molecule has 0 spiro atoms. The van der Waals surface area contributed by atoms with E-state index in [1.54, 1.807) is 0 Å². The predicted octanol–water partition coefficient (Wildman–Crippen LogP) is 0.304. The second kappa shape index (κ2) is 3.03.